The second kappa shape index (κ2) is 10.2. The van der Waals surface area contributed by atoms with E-state index in [-0.39, 0.29) is 11.9 Å². The van der Waals surface area contributed by atoms with E-state index < -0.39 is 0 Å². The molecule has 0 atom stereocenters. The molecule has 0 radical (unpaired) electrons. The number of hydrogen-bond acceptors (Lipinski definition) is 4. The summed E-state index contributed by atoms with van der Waals surface area (Å²) in [5, 5.41) is 0. The lowest BCUT2D eigenvalue weighted by atomic mass is 9.77. The third kappa shape index (κ3) is 6.18. The van der Waals surface area contributed by atoms with Gasteiger partial charge in [0.1, 0.15) is 0 Å². The molecular weight excluding hydrogens is 316 g/mol. The van der Waals surface area contributed by atoms with Crippen molar-refractivity contribution in [2.75, 3.05) is 13.2 Å². The van der Waals surface area contributed by atoms with Crippen LogP contribution in [0.5, 0.6) is 0 Å². The molecule has 0 N–H and O–H groups in total. The van der Waals surface area contributed by atoms with Crippen molar-refractivity contribution in [2.24, 2.45) is 5.92 Å². The lowest BCUT2D eigenvalue weighted by Crippen LogP contribution is -2.18. The Hall–Kier alpha value is -1.84. The van der Waals surface area contributed by atoms with Crippen LogP contribution < -0.4 is 0 Å². The summed E-state index contributed by atoms with van der Waals surface area (Å²) in [5.74, 6) is 0.654. The van der Waals surface area contributed by atoms with E-state index in [1.807, 2.05) is 31.2 Å². The van der Waals surface area contributed by atoms with E-state index in [1.54, 1.807) is 0 Å². The Morgan fingerprint density at radius 2 is 1.68 bits per heavy atom. The highest BCUT2D eigenvalue weighted by atomic mass is 16.5. The first kappa shape index (κ1) is 19.5. The van der Waals surface area contributed by atoms with Gasteiger partial charge in [-0.3, -0.25) is 4.79 Å². The summed E-state index contributed by atoms with van der Waals surface area (Å²) in [7, 11) is 0. The predicted octanol–water partition coefficient (Wildman–Crippen LogP) is 4.87. The zero-order valence-electron chi connectivity index (χ0n) is 15.5. The zero-order valence-corrected chi connectivity index (χ0v) is 15.5. The molecule has 1 fully saturated rings. The standard InChI is InChI=1S/C21H30O4/c1-3-5-14-25-21(23)19-12-10-18(11-13-19)17-8-6-16(7-9-17)15-20(22)24-4-2/h10-13,16-17H,3-9,14-15H2,1-2H3. The topological polar surface area (TPSA) is 52.6 Å². The molecule has 4 nitrogen and oxygen atoms in total. The molecule has 4 heteroatoms. The largest absolute Gasteiger partial charge is 0.466 e. The van der Waals surface area contributed by atoms with E-state index in [4.69, 9.17) is 9.47 Å². The van der Waals surface area contributed by atoms with Crippen LogP contribution in [0.4, 0.5) is 0 Å². The number of ether oxygens (including phenoxy) is 2. The molecule has 0 spiro atoms. The molecule has 25 heavy (non-hydrogen) atoms. The Balaban J connectivity index is 1.81. The van der Waals surface area contributed by atoms with Crippen molar-refractivity contribution in [3.63, 3.8) is 0 Å². The highest BCUT2D eigenvalue weighted by Crippen LogP contribution is 2.37. The summed E-state index contributed by atoms with van der Waals surface area (Å²) in [4.78, 5) is 23.5. The van der Waals surface area contributed by atoms with Crippen LogP contribution in [0.25, 0.3) is 0 Å². The first-order chi connectivity index (χ1) is 12.1. The van der Waals surface area contributed by atoms with Crippen LogP contribution >= 0.6 is 0 Å². The van der Waals surface area contributed by atoms with Gasteiger partial charge in [-0.05, 0) is 68.6 Å². The molecule has 1 aromatic carbocycles. The number of unbranched alkanes of at least 4 members (excludes halogenated alkanes) is 1. The van der Waals surface area contributed by atoms with Gasteiger partial charge >= 0.3 is 11.9 Å². The number of rotatable bonds is 8. The van der Waals surface area contributed by atoms with Crippen LogP contribution in [0.3, 0.4) is 0 Å². The van der Waals surface area contributed by atoms with E-state index in [2.05, 4.69) is 6.92 Å². The van der Waals surface area contributed by atoms with Gasteiger partial charge in [0.05, 0.1) is 18.8 Å². The van der Waals surface area contributed by atoms with E-state index >= 15 is 0 Å². The van der Waals surface area contributed by atoms with Crippen molar-refractivity contribution < 1.29 is 19.1 Å². The van der Waals surface area contributed by atoms with Gasteiger partial charge in [-0.25, -0.2) is 4.79 Å². The summed E-state index contributed by atoms with van der Waals surface area (Å²) in [6, 6.07) is 7.84. The minimum absolute atomic E-state index is 0.0723. The highest BCUT2D eigenvalue weighted by molar-refractivity contribution is 5.89. The molecule has 1 aliphatic rings. The number of carbonyl (C=O) groups excluding carboxylic acids is 2. The van der Waals surface area contributed by atoms with Crippen molar-refractivity contribution in [3.8, 4) is 0 Å². The van der Waals surface area contributed by atoms with Crippen LogP contribution in [0, 0.1) is 5.92 Å². The van der Waals surface area contributed by atoms with Gasteiger partial charge in [0, 0.05) is 6.42 Å². The van der Waals surface area contributed by atoms with Crippen LogP contribution in [0.1, 0.15) is 80.6 Å². The maximum absolute atomic E-state index is 11.9. The fraction of sp³-hybridized carbons (Fsp3) is 0.619. The second-order valence-electron chi connectivity index (χ2n) is 6.84. The van der Waals surface area contributed by atoms with Crippen molar-refractivity contribution in [3.05, 3.63) is 35.4 Å². The van der Waals surface area contributed by atoms with Gasteiger partial charge in [0.2, 0.25) is 0 Å². The maximum atomic E-state index is 11.9. The summed E-state index contributed by atoms with van der Waals surface area (Å²) < 4.78 is 10.3. The Morgan fingerprint density at radius 1 is 1.00 bits per heavy atom. The van der Waals surface area contributed by atoms with Gasteiger partial charge in [0.15, 0.2) is 0 Å². The lowest BCUT2D eigenvalue weighted by Gasteiger charge is -2.28. The van der Waals surface area contributed by atoms with E-state index in [9.17, 15) is 9.59 Å². The van der Waals surface area contributed by atoms with Crippen molar-refractivity contribution in [2.45, 2.75) is 64.7 Å². The van der Waals surface area contributed by atoms with Gasteiger partial charge in [-0.15, -0.1) is 0 Å². The van der Waals surface area contributed by atoms with Crippen LogP contribution in [0.2, 0.25) is 0 Å². The number of carbonyl (C=O) groups is 2. The normalized spacial score (nSPS) is 20.1. The molecule has 0 unspecified atom stereocenters. The average molecular weight is 346 g/mol. The Kier molecular flexibility index (Phi) is 7.96. The molecule has 0 heterocycles. The molecule has 0 saturated heterocycles. The van der Waals surface area contributed by atoms with E-state index in [0.29, 0.717) is 37.0 Å². The van der Waals surface area contributed by atoms with Gasteiger partial charge in [-0.2, -0.15) is 0 Å². The van der Waals surface area contributed by atoms with E-state index in [1.165, 1.54) is 5.56 Å². The van der Waals surface area contributed by atoms with Crippen molar-refractivity contribution in [1.29, 1.82) is 0 Å². The summed E-state index contributed by atoms with van der Waals surface area (Å²) in [5.41, 5.74) is 1.90. The molecule has 1 saturated carbocycles. The molecule has 2 rings (SSSR count). The summed E-state index contributed by atoms with van der Waals surface area (Å²) in [6.45, 7) is 4.87. The minimum atomic E-state index is -0.238. The summed E-state index contributed by atoms with van der Waals surface area (Å²) in [6.07, 6.45) is 6.76. The fourth-order valence-corrected chi connectivity index (χ4v) is 3.44. The quantitative estimate of drug-likeness (QED) is 0.498. The smallest absolute Gasteiger partial charge is 0.338 e. The number of hydrogen-bond donors (Lipinski definition) is 0. The monoisotopic (exact) mass is 346 g/mol. The molecule has 138 valence electrons. The average Bonchev–Trinajstić information content (AvgIpc) is 2.63. The SMILES string of the molecule is CCCCOC(=O)c1ccc(C2CCC(CC(=O)OCC)CC2)cc1. The fourth-order valence-electron chi connectivity index (χ4n) is 3.44. The predicted molar refractivity (Wildman–Crippen MR) is 97.6 cm³/mol. The summed E-state index contributed by atoms with van der Waals surface area (Å²) >= 11 is 0. The lowest BCUT2D eigenvalue weighted by molar-refractivity contribution is -0.144. The molecule has 0 amide bonds. The minimum Gasteiger partial charge on any atom is -0.466 e. The van der Waals surface area contributed by atoms with Crippen molar-refractivity contribution >= 4 is 11.9 Å². The van der Waals surface area contributed by atoms with Gasteiger partial charge in [0.25, 0.3) is 0 Å². The van der Waals surface area contributed by atoms with Gasteiger partial charge in [-0.1, -0.05) is 25.5 Å². The Morgan fingerprint density at radius 3 is 2.28 bits per heavy atom. The number of esters is 2. The first-order valence-corrected chi connectivity index (χ1v) is 9.56. The highest BCUT2D eigenvalue weighted by Gasteiger charge is 2.24. The first-order valence-electron chi connectivity index (χ1n) is 9.56. The van der Waals surface area contributed by atoms with E-state index in [0.717, 1.165) is 38.5 Å². The van der Waals surface area contributed by atoms with Crippen LogP contribution in [-0.4, -0.2) is 25.2 Å². The maximum Gasteiger partial charge on any atom is 0.338 e. The Labute approximate surface area is 150 Å². The van der Waals surface area contributed by atoms with Crippen molar-refractivity contribution in [1.82, 2.24) is 0 Å². The Bertz CT molecular complexity index is 542. The third-order valence-corrected chi connectivity index (χ3v) is 4.96. The third-order valence-electron chi connectivity index (χ3n) is 4.96. The molecular formula is C21H30O4. The molecule has 1 aromatic rings. The number of benzene rings is 1. The molecule has 0 aliphatic heterocycles. The molecule has 0 bridgehead atoms. The zero-order chi connectivity index (χ0) is 18.1. The second-order valence-corrected chi connectivity index (χ2v) is 6.84. The van der Waals surface area contributed by atoms with Gasteiger partial charge < -0.3 is 9.47 Å². The molecule has 0 aromatic heterocycles. The molecule has 1 aliphatic carbocycles. The van der Waals surface area contributed by atoms with Crippen LogP contribution in [0.15, 0.2) is 24.3 Å². The van der Waals surface area contributed by atoms with Crippen LogP contribution in [-0.2, 0) is 14.3 Å².